The van der Waals surface area contributed by atoms with E-state index in [1.165, 1.54) is 30.0 Å². The molecular weight excluding hydrogens is 535 g/mol. The minimum atomic E-state index is -4.62. The SMILES string of the molecule is COc1c(CNC(C)C)cc(C(F)(F)F)cc1NC(=O)c1ccc(Cl)c(-n2cc(-c3cnn(C)c3C)nn2)c1. The van der Waals surface area contributed by atoms with Gasteiger partial charge in [0.25, 0.3) is 5.91 Å². The predicted octanol–water partition coefficient (Wildman–Crippen LogP) is 5.41. The maximum Gasteiger partial charge on any atom is 0.416 e. The van der Waals surface area contributed by atoms with Crippen LogP contribution in [0.25, 0.3) is 16.9 Å². The van der Waals surface area contributed by atoms with Crippen LogP contribution in [0.2, 0.25) is 5.02 Å². The molecule has 13 heteroatoms. The van der Waals surface area contributed by atoms with Crippen LogP contribution < -0.4 is 15.4 Å². The molecule has 0 spiro atoms. The minimum absolute atomic E-state index is 0.0224. The monoisotopic (exact) mass is 561 g/mol. The van der Waals surface area contributed by atoms with Gasteiger partial charge in [-0.1, -0.05) is 30.7 Å². The number of anilines is 1. The summed E-state index contributed by atoms with van der Waals surface area (Å²) < 4.78 is 49.5. The van der Waals surface area contributed by atoms with Crippen LogP contribution >= 0.6 is 11.6 Å². The second-order valence-electron chi connectivity index (χ2n) is 9.19. The van der Waals surface area contributed by atoms with Crippen molar-refractivity contribution in [2.45, 2.75) is 39.5 Å². The molecule has 0 saturated heterocycles. The van der Waals surface area contributed by atoms with Gasteiger partial charge in [0, 0.05) is 42.0 Å². The molecule has 4 aromatic rings. The molecule has 0 fully saturated rings. The fourth-order valence-electron chi connectivity index (χ4n) is 3.91. The molecule has 2 aromatic carbocycles. The van der Waals surface area contributed by atoms with E-state index in [-0.39, 0.29) is 35.2 Å². The topological polar surface area (TPSA) is 98.9 Å². The number of methoxy groups -OCH3 is 1. The first-order valence-electron chi connectivity index (χ1n) is 11.9. The lowest BCUT2D eigenvalue weighted by molar-refractivity contribution is -0.137. The quantitative estimate of drug-likeness (QED) is 0.299. The molecule has 0 unspecified atom stereocenters. The Kier molecular flexibility index (Phi) is 7.98. The van der Waals surface area contributed by atoms with Crippen LogP contribution in [0.3, 0.4) is 0 Å². The number of hydrogen-bond donors (Lipinski definition) is 2. The molecule has 0 radical (unpaired) electrons. The highest BCUT2D eigenvalue weighted by molar-refractivity contribution is 6.32. The van der Waals surface area contributed by atoms with Gasteiger partial charge in [0.15, 0.2) is 0 Å². The number of aryl methyl sites for hydroxylation is 1. The van der Waals surface area contributed by atoms with E-state index >= 15 is 0 Å². The van der Waals surface area contributed by atoms with E-state index in [0.717, 1.165) is 23.4 Å². The Morgan fingerprint density at radius 3 is 2.56 bits per heavy atom. The average molecular weight is 562 g/mol. The van der Waals surface area contributed by atoms with E-state index in [4.69, 9.17) is 16.3 Å². The molecule has 1 amide bonds. The summed E-state index contributed by atoms with van der Waals surface area (Å²) in [6.07, 6.45) is -1.30. The molecule has 0 aliphatic rings. The van der Waals surface area contributed by atoms with Crippen molar-refractivity contribution in [3.05, 3.63) is 70.1 Å². The van der Waals surface area contributed by atoms with E-state index in [1.807, 2.05) is 27.8 Å². The zero-order chi connectivity index (χ0) is 28.5. The number of amides is 1. The second kappa shape index (κ2) is 11.1. The molecule has 2 N–H and O–H groups in total. The van der Waals surface area contributed by atoms with Crippen molar-refractivity contribution in [3.8, 4) is 22.7 Å². The Bertz CT molecular complexity index is 1510. The second-order valence-corrected chi connectivity index (χ2v) is 9.59. The molecule has 0 aliphatic heterocycles. The van der Waals surface area contributed by atoms with Crippen LogP contribution in [0.4, 0.5) is 18.9 Å². The number of halogens is 4. The highest BCUT2D eigenvalue weighted by Gasteiger charge is 2.33. The zero-order valence-corrected chi connectivity index (χ0v) is 22.6. The third kappa shape index (κ3) is 6.07. The maximum absolute atomic E-state index is 13.7. The molecule has 0 aliphatic carbocycles. The third-order valence-electron chi connectivity index (χ3n) is 6.11. The van der Waals surface area contributed by atoms with Crippen LogP contribution in [0.15, 0.2) is 42.7 Å². The molecular formula is C26H27ClF3N7O2. The summed E-state index contributed by atoms with van der Waals surface area (Å²) in [5.74, 6) is -0.525. The summed E-state index contributed by atoms with van der Waals surface area (Å²) in [6, 6.07) is 6.33. The number of carbonyl (C=O) groups is 1. The summed E-state index contributed by atoms with van der Waals surface area (Å²) in [4.78, 5) is 13.2. The molecule has 0 bridgehead atoms. The predicted molar refractivity (Wildman–Crippen MR) is 141 cm³/mol. The first-order valence-corrected chi connectivity index (χ1v) is 12.3. The Morgan fingerprint density at radius 2 is 1.95 bits per heavy atom. The number of nitrogens with zero attached hydrogens (tertiary/aromatic N) is 5. The summed E-state index contributed by atoms with van der Waals surface area (Å²) in [6.45, 7) is 5.75. The molecule has 0 saturated carbocycles. The standard InChI is InChI=1S/C26H27ClF3N7O2/c1-14(2)31-11-17-8-18(26(28,29)30)10-21(24(17)39-5)33-25(38)16-6-7-20(27)23(9-16)37-13-22(34-35-37)19-12-32-36(4)15(19)3/h6-10,12-14,31H,11H2,1-5H3,(H,33,38). The Morgan fingerprint density at radius 1 is 1.21 bits per heavy atom. The summed E-state index contributed by atoms with van der Waals surface area (Å²) in [7, 11) is 3.15. The number of rotatable bonds is 8. The van der Waals surface area contributed by atoms with Crippen molar-refractivity contribution >= 4 is 23.2 Å². The van der Waals surface area contributed by atoms with E-state index in [1.54, 1.807) is 17.1 Å². The van der Waals surface area contributed by atoms with Crippen molar-refractivity contribution in [2.24, 2.45) is 7.05 Å². The van der Waals surface area contributed by atoms with Crippen LogP contribution in [0.1, 0.15) is 41.0 Å². The average Bonchev–Trinajstić information content (AvgIpc) is 3.48. The van der Waals surface area contributed by atoms with Crippen molar-refractivity contribution in [1.82, 2.24) is 30.1 Å². The molecule has 2 aromatic heterocycles. The van der Waals surface area contributed by atoms with Gasteiger partial charge in [0.1, 0.15) is 11.4 Å². The number of aromatic nitrogens is 5. The van der Waals surface area contributed by atoms with Gasteiger partial charge in [-0.05, 0) is 37.3 Å². The highest BCUT2D eigenvalue weighted by Crippen LogP contribution is 2.38. The number of alkyl halides is 3. The van der Waals surface area contributed by atoms with Crippen molar-refractivity contribution in [1.29, 1.82) is 0 Å². The van der Waals surface area contributed by atoms with E-state index in [2.05, 4.69) is 26.0 Å². The zero-order valence-electron chi connectivity index (χ0n) is 21.9. The Hall–Kier alpha value is -3.90. The maximum atomic E-state index is 13.7. The fourth-order valence-corrected chi connectivity index (χ4v) is 4.12. The highest BCUT2D eigenvalue weighted by atomic mass is 35.5. The van der Waals surface area contributed by atoms with Crippen molar-refractivity contribution in [3.63, 3.8) is 0 Å². The summed E-state index contributed by atoms with van der Waals surface area (Å²) >= 11 is 6.40. The Labute approximate surface area is 227 Å². The van der Waals surface area contributed by atoms with Gasteiger partial charge in [-0.2, -0.15) is 18.3 Å². The van der Waals surface area contributed by atoms with E-state index < -0.39 is 17.6 Å². The van der Waals surface area contributed by atoms with Crippen LogP contribution in [0, 0.1) is 6.92 Å². The lowest BCUT2D eigenvalue weighted by atomic mass is 10.1. The number of hydrogen-bond acceptors (Lipinski definition) is 6. The number of benzene rings is 2. The molecule has 9 nitrogen and oxygen atoms in total. The number of ether oxygens (including phenoxy) is 1. The van der Waals surface area contributed by atoms with Gasteiger partial charge in [-0.15, -0.1) is 5.10 Å². The largest absolute Gasteiger partial charge is 0.494 e. The van der Waals surface area contributed by atoms with Gasteiger partial charge >= 0.3 is 6.18 Å². The first kappa shape index (κ1) is 28.1. The molecule has 0 atom stereocenters. The Balaban J connectivity index is 1.67. The molecule has 2 heterocycles. The van der Waals surface area contributed by atoms with Crippen molar-refractivity contribution in [2.75, 3.05) is 12.4 Å². The third-order valence-corrected chi connectivity index (χ3v) is 6.43. The molecule has 206 valence electrons. The van der Waals surface area contributed by atoms with Gasteiger partial charge in [-0.3, -0.25) is 9.48 Å². The lowest BCUT2D eigenvalue weighted by Crippen LogP contribution is -2.23. The van der Waals surface area contributed by atoms with E-state index in [0.29, 0.717) is 16.4 Å². The summed E-state index contributed by atoms with van der Waals surface area (Å²) in [5.41, 5.74) is 1.98. The fraction of sp³-hybridized carbons (Fsp3) is 0.308. The normalized spacial score (nSPS) is 11.7. The molecule has 4 rings (SSSR count). The van der Waals surface area contributed by atoms with E-state index in [9.17, 15) is 18.0 Å². The van der Waals surface area contributed by atoms with Crippen molar-refractivity contribution < 1.29 is 22.7 Å². The smallest absolute Gasteiger partial charge is 0.416 e. The summed E-state index contributed by atoms with van der Waals surface area (Å²) in [5, 5.41) is 18.5. The number of carbonyl (C=O) groups excluding carboxylic acids is 1. The van der Waals surface area contributed by atoms with Gasteiger partial charge < -0.3 is 15.4 Å². The van der Waals surface area contributed by atoms with Gasteiger partial charge in [0.05, 0.1) is 41.5 Å². The van der Waals surface area contributed by atoms with Crippen LogP contribution in [-0.2, 0) is 19.8 Å². The first-order chi connectivity index (χ1) is 18.4. The minimum Gasteiger partial charge on any atom is -0.494 e. The molecule has 39 heavy (non-hydrogen) atoms. The van der Waals surface area contributed by atoms with Crippen LogP contribution in [-0.4, -0.2) is 43.8 Å². The van der Waals surface area contributed by atoms with Gasteiger partial charge in [0.2, 0.25) is 0 Å². The van der Waals surface area contributed by atoms with Gasteiger partial charge in [-0.25, -0.2) is 4.68 Å². The van der Waals surface area contributed by atoms with Crippen LogP contribution in [0.5, 0.6) is 5.75 Å². The lowest BCUT2D eigenvalue weighted by Gasteiger charge is -2.19. The number of nitrogens with one attached hydrogen (secondary N) is 2.